The third-order valence-electron chi connectivity index (χ3n) is 5.99. The summed E-state index contributed by atoms with van der Waals surface area (Å²) in [6.45, 7) is 11.1. The lowest BCUT2D eigenvalue weighted by Gasteiger charge is -2.29. The predicted molar refractivity (Wildman–Crippen MR) is 128 cm³/mol. The second-order valence-corrected chi connectivity index (χ2v) is 9.38. The van der Waals surface area contributed by atoms with Crippen LogP contribution in [0.3, 0.4) is 0 Å². The minimum absolute atomic E-state index is 0.0666. The van der Waals surface area contributed by atoms with Crippen molar-refractivity contribution in [3.8, 4) is 0 Å². The molecule has 0 aliphatic rings. The lowest BCUT2D eigenvalue weighted by Crippen LogP contribution is -2.59. The van der Waals surface area contributed by atoms with Crippen LogP contribution in [0.4, 0.5) is 0 Å². The Morgan fingerprint density at radius 1 is 0.794 bits per heavy atom. The Kier molecular flexibility index (Phi) is 14.1. The average Bonchev–Trinajstić information content (AvgIpc) is 2.76. The van der Waals surface area contributed by atoms with Crippen molar-refractivity contribution in [2.75, 3.05) is 0 Å². The van der Waals surface area contributed by atoms with Gasteiger partial charge in [0, 0.05) is 6.42 Å². The van der Waals surface area contributed by atoms with Crippen molar-refractivity contribution in [2.45, 2.75) is 97.8 Å². The molecular formula is C23H43N5O6. The lowest BCUT2D eigenvalue weighted by molar-refractivity contribution is -0.143. The standard InChI is InChI=1S/C23H43N5O6/c1-7-13(5)18(25)21(31)27-16(11-12(3)4)20(30)28-19(14(6)8-2)22(32)26-15(23(33)34)9-10-17(24)29/h12-16,18-19H,7-11,25H2,1-6H3,(H2,24,29)(H,26,32)(H,27,31)(H,28,30)(H,33,34). The van der Waals surface area contributed by atoms with Crippen LogP contribution < -0.4 is 27.4 Å². The fraction of sp³-hybridized carbons (Fsp3) is 0.783. The van der Waals surface area contributed by atoms with Gasteiger partial charge in [-0.3, -0.25) is 19.2 Å². The Balaban J connectivity index is 5.59. The summed E-state index contributed by atoms with van der Waals surface area (Å²) in [5, 5.41) is 17.2. The van der Waals surface area contributed by atoms with Crippen molar-refractivity contribution in [1.82, 2.24) is 16.0 Å². The average molecular weight is 486 g/mol. The molecule has 8 N–H and O–H groups in total. The molecule has 0 radical (unpaired) electrons. The van der Waals surface area contributed by atoms with Gasteiger partial charge in [-0.05, 0) is 30.6 Å². The fourth-order valence-corrected chi connectivity index (χ4v) is 3.24. The van der Waals surface area contributed by atoms with Crippen molar-refractivity contribution < 1.29 is 29.1 Å². The monoisotopic (exact) mass is 485 g/mol. The fourth-order valence-electron chi connectivity index (χ4n) is 3.24. The number of carboxylic acid groups (broad SMARTS) is 1. The highest BCUT2D eigenvalue weighted by molar-refractivity contribution is 5.94. The molecule has 11 nitrogen and oxygen atoms in total. The van der Waals surface area contributed by atoms with Crippen molar-refractivity contribution in [3.63, 3.8) is 0 Å². The Labute approximate surface area is 202 Å². The van der Waals surface area contributed by atoms with Crippen LogP contribution in [-0.4, -0.2) is 58.9 Å². The molecule has 0 aliphatic carbocycles. The molecule has 0 spiro atoms. The number of carboxylic acids is 1. The number of hydrogen-bond donors (Lipinski definition) is 6. The maximum absolute atomic E-state index is 13.1. The lowest BCUT2D eigenvalue weighted by atomic mass is 9.95. The predicted octanol–water partition coefficient (Wildman–Crippen LogP) is 0.257. The van der Waals surface area contributed by atoms with Gasteiger partial charge in [0.25, 0.3) is 0 Å². The van der Waals surface area contributed by atoms with Crippen LogP contribution >= 0.6 is 0 Å². The highest BCUT2D eigenvalue weighted by Crippen LogP contribution is 2.13. The molecule has 0 saturated carbocycles. The van der Waals surface area contributed by atoms with E-state index in [9.17, 15) is 29.1 Å². The number of rotatable bonds is 16. The molecule has 34 heavy (non-hydrogen) atoms. The first-order valence-corrected chi connectivity index (χ1v) is 11.9. The van der Waals surface area contributed by atoms with Crippen molar-refractivity contribution in [1.29, 1.82) is 0 Å². The van der Waals surface area contributed by atoms with Gasteiger partial charge in [-0.15, -0.1) is 0 Å². The molecule has 196 valence electrons. The van der Waals surface area contributed by atoms with Crippen LogP contribution in [0, 0.1) is 17.8 Å². The van der Waals surface area contributed by atoms with E-state index in [4.69, 9.17) is 11.5 Å². The molecule has 4 amide bonds. The summed E-state index contributed by atoms with van der Waals surface area (Å²) in [7, 11) is 0. The van der Waals surface area contributed by atoms with E-state index < -0.39 is 53.8 Å². The number of amides is 4. The first-order valence-electron chi connectivity index (χ1n) is 11.9. The van der Waals surface area contributed by atoms with Crippen molar-refractivity contribution in [3.05, 3.63) is 0 Å². The van der Waals surface area contributed by atoms with E-state index in [2.05, 4.69) is 16.0 Å². The van der Waals surface area contributed by atoms with Crippen LogP contribution in [0.1, 0.15) is 73.6 Å². The Morgan fingerprint density at radius 2 is 1.32 bits per heavy atom. The van der Waals surface area contributed by atoms with E-state index in [-0.39, 0.29) is 30.6 Å². The summed E-state index contributed by atoms with van der Waals surface area (Å²) < 4.78 is 0. The quantitative estimate of drug-likeness (QED) is 0.180. The molecule has 0 aromatic carbocycles. The molecule has 0 aromatic heterocycles. The van der Waals surface area contributed by atoms with Crippen molar-refractivity contribution >= 4 is 29.6 Å². The molecule has 0 aliphatic heterocycles. The summed E-state index contributed by atoms with van der Waals surface area (Å²) in [5.41, 5.74) is 11.1. The minimum atomic E-state index is -1.33. The summed E-state index contributed by atoms with van der Waals surface area (Å²) >= 11 is 0. The summed E-state index contributed by atoms with van der Waals surface area (Å²) in [6.07, 6.45) is 1.17. The highest BCUT2D eigenvalue weighted by atomic mass is 16.4. The van der Waals surface area contributed by atoms with Gasteiger partial charge in [-0.2, -0.15) is 0 Å². The first kappa shape index (κ1) is 31.3. The van der Waals surface area contributed by atoms with Gasteiger partial charge >= 0.3 is 5.97 Å². The second-order valence-electron chi connectivity index (χ2n) is 9.38. The van der Waals surface area contributed by atoms with Crippen LogP contribution in [0.15, 0.2) is 0 Å². The van der Waals surface area contributed by atoms with Gasteiger partial charge < -0.3 is 32.5 Å². The topological polar surface area (TPSA) is 194 Å². The van der Waals surface area contributed by atoms with Crippen LogP contribution in [0.25, 0.3) is 0 Å². The van der Waals surface area contributed by atoms with E-state index in [1.54, 1.807) is 6.92 Å². The largest absolute Gasteiger partial charge is 0.480 e. The molecule has 6 atom stereocenters. The van der Waals surface area contributed by atoms with E-state index in [1.165, 1.54) is 0 Å². The SMILES string of the molecule is CCC(C)C(N)C(=O)NC(CC(C)C)C(=O)NC(C(=O)NC(CCC(N)=O)C(=O)O)C(C)CC. The number of nitrogens with two attached hydrogens (primary N) is 2. The van der Waals surface area contributed by atoms with Gasteiger partial charge in [-0.25, -0.2) is 4.79 Å². The number of primary amides is 1. The number of carbonyl (C=O) groups excluding carboxylic acids is 4. The molecule has 0 aromatic rings. The molecule has 0 saturated heterocycles. The van der Waals surface area contributed by atoms with Crippen LogP contribution in [-0.2, 0) is 24.0 Å². The van der Waals surface area contributed by atoms with Gasteiger partial charge in [-0.1, -0.05) is 54.4 Å². The summed E-state index contributed by atoms with van der Waals surface area (Å²) in [4.78, 5) is 61.2. The third-order valence-corrected chi connectivity index (χ3v) is 5.99. The smallest absolute Gasteiger partial charge is 0.326 e. The Hall–Kier alpha value is -2.69. The maximum atomic E-state index is 13.1. The molecule has 0 bridgehead atoms. The zero-order valence-electron chi connectivity index (χ0n) is 21.2. The highest BCUT2D eigenvalue weighted by Gasteiger charge is 2.33. The summed E-state index contributed by atoms with van der Waals surface area (Å²) in [5.74, 6) is -4.02. The summed E-state index contributed by atoms with van der Waals surface area (Å²) in [6, 6.07) is -4.05. The molecule has 0 rings (SSSR count). The van der Waals surface area contributed by atoms with Gasteiger partial charge in [0.15, 0.2) is 0 Å². The van der Waals surface area contributed by atoms with Crippen LogP contribution in [0.5, 0.6) is 0 Å². The molecule has 0 fully saturated rings. The zero-order chi connectivity index (χ0) is 26.6. The third kappa shape index (κ3) is 11.0. The molecule has 11 heteroatoms. The van der Waals surface area contributed by atoms with Gasteiger partial charge in [0.05, 0.1) is 6.04 Å². The molecule has 0 heterocycles. The van der Waals surface area contributed by atoms with E-state index in [0.717, 1.165) is 0 Å². The maximum Gasteiger partial charge on any atom is 0.326 e. The van der Waals surface area contributed by atoms with Gasteiger partial charge in [0.2, 0.25) is 23.6 Å². The van der Waals surface area contributed by atoms with Gasteiger partial charge in [0.1, 0.15) is 18.1 Å². The minimum Gasteiger partial charge on any atom is -0.480 e. The Morgan fingerprint density at radius 3 is 1.76 bits per heavy atom. The molecule has 6 unspecified atom stereocenters. The first-order chi connectivity index (χ1) is 15.7. The number of nitrogens with one attached hydrogen (secondary N) is 3. The van der Waals surface area contributed by atoms with E-state index in [1.807, 2.05) is 34.6 Å². The van der Waals surface area contributed by atoms with E-state index in [0.29, 0.717) is 19.3 Å². The van der Waals surface area contributed by atoms with Crippen molar-refractivity contribution in [2.24, 2.45) is 29.2 Å². The number of hydrogen-bond acceptors (Lipinski definition) is 6. The Bertz CT molecular complexity index is 714. The molecular weight excluding hydrogens is 442 g/mol. The van der Waals surface area contributed by atoms with E-state index >= 15 is 0 Å². The second kappa shape index (κ2) is 15.3. The van der Waals surface area contributed by atoms with Crippen LogP contribution in [0.2, 0.25) is 0 Å². The number of carbonyl (C=O) groups is 5. The number of aliphatic carboxylic acids is 1. The normalized spacial score (nSPS) is 16.5. The zero-order valence-corrected chi connectivity index (χ0v) is 21.2.